The molecule has 1 atom stereocenters. The van der Waals surface area contributed by atoms with Gasteiger partial charge in [0.15, 0.2) is 0 Å². The van der Waals surface area contributed by atoms with Crippen LogP contribution in [0.4, 0.5) is 0 Å². The van der Waals surface area contributed by atoms with E-state index in [4.69, 9.17) is 10.2 Å². The summed E-state index contributed by atoms with van der Waals surface area (Å²) in [5.41, 5.74) is 6.00. The third kappa shape index (κ3) is 2.08. The van der Waals surface area contributed by atoms with Crippen LogP contribution >= 0.6 is 0 Å². The van der Waals surface area contributed by atoms with E-state index in [1.807, 2.05) is 0 Å². The van der Waals surface area contributed by atoms with Crippen molar-refractivity contribution >= 4 is 9.04 Å². The molecule has 1 fully saturated rings. The Bertz CT molecular complexity index is 81.1. The highest BCUT2D eigenvalue weighted by Crippen LogP contribution is 2.11. The van der Waals surface area contributed by atoms with Gasteiger partial charge in [0, 0.05) is 12.3 Å². The Kier molecular flexibility index (Phi) is 2.69. The number of rotatable bonds is 1. The van der Waals surface area contributed by atoms with Crippen molar-refractivity contribution in [3.8, 4) is 0 Å². The molecule has 9 heavy (non-hydrogen) atoms. The monoisotopic (exact) mass is 144 g/mol. The summed E-state index contributed by atoms with van der Waals surface area (Å²) < 4.78 is 5.52. The van der Waals surface area contributed by atoms with Crippen molar-refractivity contribution in [3.63, 3.8) is 0 Å². The summed E-state index contributed by atoms with van der Waals surface area (Å²) in [7, 11) is -0.587. The van der Waals surface area contributed by atoms with Crippen LogP contribution in [0.5, 0.6) is 0 Å². The maximum atomic E-state index is 5.69. The lowest BCUT2D eigenvalue weighted by molar-refractivity contribution is 0.281. The van der Waals surface area contributed by atoms with Crippen LogP contribution < -0.4 is 5.73 Å². The minimum Gasteiger partial charge on any atom is -0.415 e. The molecule has 0 bridgehead atoms. The van der Waals surface area contributed by atoms with E-state index in [0.29, 0.717) is 5.67 Å². The van der Waals surface area contributed by atoms with E-state index in [-0.39, 0.29) is 0 Å². The van der Waals surface area contributed by atoms with Crippen LogP contribution in [-0.4, -0.2) is 21.3 Å². The minimum absolute atomic E-state index is 0.315. The van der Waals surface area contributed by atoms with Gasteiger partial charge in [-0.15, -0.1) is 0 Å². The van der Waals surface area contributed by atoms with Gasteiger partial charge in [-0.1, -0.05) is 13.3 Å². The number of nitrogens with two attached hydrogens (primary N) is 1. The molecule has 1 unspecified atom stereocenters. The van der Waals surface area contributed by atoms with Crippen LogP contribution in [-0.2, 0) is 4.43 Å². The lowest BCUT2D eigenvalue weighted by Crippen LogP contribution is -2.40. The molecule has 53 valence electrons. The van der Waals surface area contributed by atoms with Gasteiger partial charge in [0.05, 0.1) is 0 Å². The maximum absolute atomic E-state index is 5.69. The fourth-order valence-electron chi connectivity index (χ4n) is 1.04. The van der Waals surface area contributed by atoms with Crippen molar-refractivity contribution in [3.05, 3.63) is 0 Å². The first-order chi connectivity index (χ1) is 4.30. The van der Waals surface area contributed by atoms with Gasteiger partial charge >= 0.3 is 0 Å². The van der Waals surface area contributed by atoms with E-state index < -0.39 is 9.04 Å². The fourth-order valence-corrected chi connectivity index (χ4v) is 2.90. The first kappa shape index (κ1) is 7.25. The van der Waals surface area contributed by atoms with Crippen molar-refractivity contribution in [2.75, 3.05) is 6.61 Å². The van der Waals surface area contributed by atoms with Crippen molar-refractivity contribution in [1.29, 1.82) is 0 Å². The highest BCUT2D eigenvalue weighted by atomic mass is 28.3. The highest BCUT2D eigenvalue weighted by molar-refractivity contribution is 6.53. The second kappa shape index (κ2) is 3.34. The Morgan fingerprint density at radius 1 is 1.56 bits per heavy atom. The Labute approximate surface area is 58.1 Å². The zero-order valence-electron chi connectivity index (χ0n) is 5.89. The molecule has 0 saturated carbocycles. The fraction of sp³-hybridized carbons (Fsp3) is 1.00. The molecule has 1 rings (SSSR count). The Morgan fingerprint density at radius 3 is 2.67 bits per heavy atom. The molecule has 1 saturated heterocycles. The lowest BCUT2D eigenvalue weighted by Gasteiger charge is -2.22. The normalized spacial score (nSPS) is 26.0. The molecule has 1 aliphatic rings. The Hall–Kier alpha value is 0.137. The highest BCUT2D eigenvalue weighted by Gasteiger charge is 2.20. The first-order valence-corrected chi connectivity index (χ1v) is 5.24. The van der Waals surface area contributed by atoms with Crippen LogP contribution in [0.25, 0.3) is 0 Å². The van der Waals surface area contributed by atoms with Gasteiger partial charge in [-0.05, 0) is 12.5 Å². The Morgan fingerprint density at radius 2 is 2.33 bits per heavy atom. The maximum Gasteiger partial charge on any atom is 0.228 e. The molecular weight excluding hydrogens is 130 g/mol. The zero-order chi connectivity index (χ0) is 6.69. The lowest BCUT2D eigenvalue weighted by atomic mass is 10.4. The molecule has 1 aliphatic heterocycles. The van der Waals surface area contributed by atoms with E-state index in [1.54, 1.807) is 0 Å². The molecule has 1 radical (unpaired) electrons. The van der Waals surface area contributed by atoms with Crippen LogP contribution in [0, 0.1) is 0 Å². The summed E-state index contributed by atoms with van der Waals surface area (Å²) in [6.45, 7) is 3.01. The van der Waals surface area contributed by atoms with Crippen molar-refractivity contribution in [2.45, 2.75) is 31.5 Å². The van der Waals surface area contributed by atoms with Gasteiger partial charge in [0.2, 0.25) is 9.04 Å². The van der Waals surface area contributed by atoms with Crippen LogP contribution in [0.3, 0.4) is 0 Å². The quantitative estimate of drug-likeness (QED) is 0.549. The smallest absolute Gasteiger partial charge is 0.228 e. The van der Waals surface area contributed by atoms with Gasteiger partial charge in [0.25, 0.3) is 0 Å². The molecule has 0 aliphatic carbocycles. The zero-order valence-corrected chi connectivity index (χ0v) is 6.89. The summed E-state index contributed by atoms with van der Waals surface area (Å²) in [6.07, 6.45) is 2.57. The summed E-state index contributed by atoms with van der Waals surface area (Å²) in [4.78, 5) is 0. The second-order valence-electron chi connectivity index (χ2n) is 2.56. The first-order valence-electron chi connectivity index (χ1n) is 3.55. The summed E-state index contributed by atoms with van der Waals surface area (Å²) in [5.74, 6) is 0. The molecule has 0 aromatic carbocycles. The predicted molar refractivity (Wildman–Crippen MR) is 39.4 cm³/mol. The van der Waals surface area contributed by atoms with E-state index in [0.717, 1.165) is 6.61 Å². The van der Waals surface area contributed by atoms with Gasteiger partial charge in [-0.3, -0.25) is 0 Å². The largest absolute Gasteiger partial charge is 0.415 e. The van der Waals surface area contributed by atoms with Crippen LogP contribution in [0.1, 0.15) is 19.8 Å². The van der Waals surface area contributed by atoms with E-state index in [1.165, 1.54) is 18.9 Å². The molecule has 2 nitrogen and oxygen atoms in total. The molecule has 3 heteroatoms. The SMILES string of the molecule is CC(N)[Si]1CCCCO1. The number of hydrogen-bond donors (Lipinski definition) is 1. The Balaban J connectivity index is 2.23. The minimum atomic E-state index is -0.587. The topological polar surface area (TPSA) is 35.2 Å². The molecule has 0 aromatic rings. The third-order valence-corrected chi connectivity index (χ3v) is 4.05. The molecular formula is C6H14NOSi. The van der Waals surface area contributed by atoms with Crippen molar-refractivity contribution < 1.29 is 4.43 Å². The average Bonchev–Trinajstić information content (AvgIpc) is 1.90. The van der Waals surface area contributed by atoms with Gasteiger partial charge in [0.1, 0.15) is 0 Å². The van der Waals surface area contributed by atoms with Gasteiger partial charge in [-0.2, -0.15) is 0 Å². The summed E-state index contributed by atoms with van der Waals surface area (Å²) >= 11 is 0. The van der Waals surface area contributed by atoms with Crippen molar-refractivity contribution in [2.24, 2.45) is 5.73 Å². The van der Waals surface area contributed by atoms with E-state index in [2.05, 4.69) is 6.92 Å². The average molecular weight is 144 g/mol. The van der Waals surface area contributed by atoms with Crippen LogP contribution in [0.15, 0.2) is 0 Å². The molecule has 2 N–H and O–H groups in total. The second-order valence-corrected chi connectivity index (χ2v) is 5.19. The van der Waals surface area contributed by atoms with Crippen LogP contribution in [0.2, 0.25) is 6.04 Å². The van der Waals surface area contributed by atoms with Crippen molar-refractivity contribution in [1.82, 2.24) is 0 Å². The third-order valence-electron chi connectivity index (χ3n) is 1.61. The predicted octanol–water partition coefficient (Wildman–Crippen LogP) is 0.675. The van der Waals surface area contributed by atoms with Gasteiger partial charge < -0.3 is 10.2 Å². The number of hydrogen-bond acceptors (Lipinski definition) is 2. The van der Waals surface area contributed by atoms with E-state index >= 15 is 0 Å². The van der Waals surface area contributed by atoms with Gasteiger partial charge in [-0.25, -0.2) is 0 Å². The molecule has 0 spiro atoms. The van der Waals surface area contributed by atoms with E-state index in [9.17, 15) is 0 Å². The standard InChI is InChI=1S/C6H14NOSi/c1-6(7)9-5-3-2-4-8-9/h6H,2-5,7H2,1H3. The summed E-state index contributed by atoms with van der Waals surface area (Å²) in [6, 6.07) is 1.25. The molecule has 0 amide bonds. The molecule has 1 heterocycles. The summed E-state index contributed by atoms with van der Waals surface area (Å²) in [5, 5.41) is 0. The molecule has 0 aromatic heterocycles.